The van der Waals surface area contributed by atoms with Crippen LogP contribution in [0.25, 0.3) is 17.2 Å². The Hall–Kier alpha value is -1.98. The first-order valence-corrected chi connectivity index (χ1v) is 6.58. The van der Waals surface area contributed by atoms with Gasteiger partial charge in [0.25, 0.3) is 0 Å². The van der Waals surface area contributed by atoms with Crippen molar-refractivity contribution in [1.29, 1.82) is 0 Å². The van der Waals surface area contributed by atoms with E-state index >= 15 is 0 Å². The predicted octanol–water partition coefficient (Wildman–Crippen LogP) is 3.34. The van der Waals surface area contributed by atoms with Gasteiger partial charge in [-0.05, 0) is 47.7 Å². The van der Waals surface area contributed by atoms with Crippen molar-refractivity contribution in [2.45, 2.75) is 6.92 Å². The van der Waals surface area contributed by atoms with E-state index < -0.39 is 0 Å². The number of hydrogen-bond acceptors (Lipinski definition) is 4. The van der Waals surface area contributed by atoms with Crippen molar-refractivity contribution in [2.24, 2.45) is 0 Å². The molecule has 0 saturated carbocycles. The molecule has 0 saturated heterocycles. The molecule has 5 nitrogen and oxygen atoms in total. The highest BCUT2D eigenvalue weighted by Gasteiger charge is 2.13. The largest absolute Gasteiger partial charge is 0.234 e. The number of benzene rings is 1. The summed E-state index contributed by atoms with van der Waals surface area (Å²) >= 11 is 11.9. The second kappa shape index (κ2) is 5.19. The van der Waals surface area contributed by atoms with Gasteiger partial charge in [0.1, 0.15) is 0 Å². The zero-order valence-electron chi connectivity index (χ0n) is 10.5. The Morgan fingerprint density at radius 2 is 1.90 bits per heavy atom. The normalized spacial score (nSPS) is 10.8. The lowest BCUT2D eigenvalue weighted by atomic mass is 10.2. The van der Waals surface area contributed by atoms with Gasteiger partial charge in [-0.2, -0.15) is 4.68 Å². The van der Waals surface area contributed by atoms with E-state index in [0.717, 1.165) is 11.3 Å². The molecule has 20 heavy (non-hydrogen) atoms. The lowest BCUT2D eigenvalue weighted by Crippen LogP contribution is -2.03. The molecule has 0 radical (unpaired) electrons. The minimum absolute atomic E-state index is 0.455. The highest BCUT2D eigenvalue weighted by Crippen LogP contribution is 2.27. The maximum absolute atomic E-state index is 6.03. The predicted molar refractivity (Wildman–Crippen MR) is 77.1 cm³/mol. The SMILES string of the molecule is Cc1cccc(-n2nnnc2-c2ccc(Cl)c(Cl)c2)n1. The van der Waals surface area contributed by atoms with Crippen molar-refractivity contribution in [2.75, 3.05) is 0 Å². The summed E-state index contributed by atoms with van der Waals surface area (Å²) < 4.78 is 1.56. The molecule has 0 N–H and O–H groups in total. The topological polar surface area (TPSA) is 56.5 Å². The first kappa shape index (κ1) is 13.0. The molecule has 0 aliphatic heterocycles. The fraction of sp³-hybridized carbons (Fsp3) is 0.0769. The molecule has 0 atom stereocenters. The molecule has 0 spiro atoms. The van der Waals surface area contributed by atoms with E-state index in [1.807, 2.05) is 31.2 Å². The Balaban J connectivity index is 2.12. The van der Waals surface area contributed by atoms with Gasteiger partial charge in [0.2, 0.25) is 0 Å². The molecule has 0 amide bonds. The van der Waals surface area contributed by atoms with Crippen molar-refractivity contribution in [3.05, 3.63) is 52.1 Å². The number of pyridine rings is 1. The Morgan fingerprint density at radius 1 is 1.05 bits per heavy atom. The summed E-state index contributed by atoms with van der Waals surface area (Å²) in [5, 5.41) is 12.6. The molecule has 0 aliphatic carbocycles. The smallest absolute Gasteiger partial charge is 0.188 e. The summed E-state index contributed by atoms with van der Waals surface area (Å²) in [6, 6.07) is 10.9. The number of hydrogen-bond donors (Lipinski definition) is 0. The maximum Gasteiger partial charge on any atom is 0.188 e. The van der Waals surface area contributed by atoms with Crippen LogP contribution in [0.1, 0.15) is 5.69 Å². The van der Waals surface area contributed by atoms with E-state index in [0.29, 0.717) is 21.7 Å². The average molecular weight is 306 g/mol. The first-order valence-electron chi connectivity index (χ1n) is 5.83. The second-order valence-corrected chi connectivity index (χ2v) is 4.99. The van der Waals surface area contributed by atoms with Crippen molar-refractivity contribution in [3.63, 3.8) is 0 Å². The van der Waals surface area contributed by atoms with Crippen LogP contribution in [0.5, 0.6) is 0 Å². The molecule has 3 rings (SSSR count). The molecule has 2 heterocycles. The van der Waals surface area contributed by atoms with Gasteiger partial charge in [0.05, 0.1) is 10.0 Å². The summed E-state index contributed by atoms with van der Waals surface area (Å²) in [5.74, 6) is 1.21. The van der Waals surface area contributed by atoms with Crippen LogP contribution in [0.2, 0.25) is 10.0 Å². The van der Waals surface area contributed by atoms with Gasteiger partial charge in [-0.25, -0.2) is 4.98 Å². The number of halogens is 2. The molecular weight excluding hydrogens is 297 g/mol. The summed E-state index contributed by atoms with van der Waals surface area (Å²) in [5.41, 5.74) is 1.66. The summed E-state index contributed by atoms with van der Waals surface area (Å²) in [6.07, 6.45) is 0. The Kier molecular flexibility index (Phi) is 3.38. The fourth-order valence-electron chi connectivity index (χ4n) is 1.80. The van der Waals surface area contributed by atoms with E-state index in [-0.39, 0.29) is 0 Å². The lowest BCUT2D eigenvalue weighted by Gasteiger charge is -2.05. The van der Waals surface area contributed by atoms with Gasteiger partial charge in [-0.1, -0.05) is 29.3 Å². The van der Waals surface area contributed by atoms with Gasteiger partial charge in [-0.3, -0.25) is 0 Å². The number of aryl methyl sites for hydroxylation is 1. The fourth-order valence-corrected chi connectivity index (χ4v) is 2.10. The standard InChI is InChI=1S/C13H9Cl2N5/c1-8-3-2-4-12(16-8)20-13(17-18-19-20)9-5-6-10(14)11(15)7-9/h2-7H,1H3. The van der Waals surface area contributed by atoms with Crippen LogP contribution in [0.15, 0.2) is 36.4 Å². The zero-order chi connectivity index (χ0) is 14.1. The van der Waals surface area contributed by atoms with Gasteiger partial charge in [0.15, 0.2) is 11.6 Å². The van der Waals surface area contributed by atoms with Gasteiger partial charge in [0, 0.05) is 11.3 Å². The van der Waals surface area contributed by atoms with Crippen LogP contribution in [0.3, 0.4) is 0 Å². The van der Waals surface area contributed by atoms with Crippen LogP contribution in [-0.2, 0) is 0 Å². The van der Waals surface area contributed by atoms with Gasteiger partial charge in [-0.15, -0.1) is 5.10 Å². The van der Waals surface area contributed by atoms with Crippen molar-refractivity contribution >= 4 is 23.2 Å². The van der Waals surface area contributed by atoms with E-state index in [2.05, 4.69) is 20.5 Å². The number of aromatic nitrogens is 5. The number of rotatable bonds is 2. The van der Waals surface area contributed by atoms with Crippen molar-refractivity contribution in [3.8, 4) is 17.2 Å². The Bertz CT molecular complexity index is 769. The Morgan fingerprint density at radius 3 is 2.65 bits per heavy atom. The summed E-state index contributed by atoms with van der Waals surface area (Å²) in [7, 11) is 0. The molecule has 1 aromatic carbocycles. The molecule has 2 aromatic heterocycles. The van der Waals surface area contributed by atoms with Crippen LogP contribution in [0, 0.1) is 6.92 Å². The monoisotopic (exact) mass is 305 g/mol. The molecule has 0 aliphatic rings. The maximum atomic E-state index is 6.03. The molecular formula is C13H9Cl2N5. The van der Waals surface area contributed by atoms with Crippen LogP contribution in [-0.4, -0.2) is 25.2 Å². The van der Waals surface area contributed by atoms with Gasteiger partial charge < -0.3 is 0 Å². The number of tetrazole rings is 1. The minimum atomic E-state index is 0.455. The number of nitrogens with zero attached hydrogens (tertiary/aromatic N) is 5. The van der Waals surface area contributed by atoms with Gasteiger partial charge >= 0.3 is 0 Å². The highest BCUT2D eigenvalue weighted by molar-refractivity contribution is 6.42. The molecule has 7 heteroatoms. The zero-order valence-corrected chi connectivity index (χ0v) is 12.0. The van der Waals surface area contributed by atoms with Crippen molar-refractivity contribution < 1.29 is 0 Å². The highest BCUT2D eigenvalue weighted by atomic mass is 35.5. The molecule has 100 valence electrons. The van der Waals surface area contributed by atoms with E-state index in [9.17, 15) is 0 Å². The van der Waals surface area contributed by atoms with Crippen LogP contribution < -0.4 is 0 Å². The summed E-state index contributed by atoms with van der Waals surface area (Å²) in [6.45, 7) is 1.91. The second-order valence-electron chi connectivity index (χ2n) is 4.18. The van der Waals surface area contributed by atoms with E-state index in [4.69, 9.17) is 23.2 Å². The quantitative estimate of drug-likeness (QED) is 0.728. The Labute approximate surface area is 125 Å². The van der Waals surface area contributed by atoms with Crippen LogP contribution >= 0.6 is 23.2 Å². The third kappa shape index (κ3) is 2.37. The minimum Gasteiger partial charge on any atom is -0.234 e. The average Bonchev–Trinajstić information content (AvgIpc) is 2.91. The third-order valence-electron chi connectivity index (χ3n) is 2.74. The lowest BCUT2D eigenvalue weighted by molar-refractivity contribution is 0.771. The molecule has 3 aromatic rings. The molecule has 0 bridgehead atoms. The first-order chi connectivity index (χ1) is 9.65. The molecule has 0 unspecified atom stereocenters. The van der Waals surface area contributed by atoms with Crippen LogP contribution in [0.4, 0.5) is 0 Å². The van der Waals surface area contributed by atoms with Crippen molar-refractivity contribution in [1.82, 2.24) is 25.2 Å². The summed E-state index contributed by atoms with van der Waals surface area (Å²) in [4.78, 5) is 4.40. The third-order valence-corrected chi connectivity index (χ3v) is 3.48. The van der Waals surface area contributed by atoms with E-state index in [1.54, 1.807) is 16.8 Å². The molecule has 0 fully saturated rings. The van der Waals surface area contributed by atoms with E-state index in [1.165, 1.54) is 0 Å².